The normalized spacial score (nSPS) is 33.4. The van der Waals surface area contributed by atoms with Crippen LogP contribution in [0.3, 0.4) is 0 Å². The van der Waals surface area contributed by atoms with Crippen LogP contribution in [0.2, 0.25) is 0 Å². The molecule has 2 aliphatic carbocycles. The minimum absolute atomic E-state index is 0.160. The van der Waals surface area contributed by atoms with Crippen LogP contribution in [0.1, 0.15) is 49.3 Å². The summed E-state index contributed by atoms with van der Waals surface area (Å²) >= 11 is 1.56. The molecule has 0 aromatic carbocycles. The summed E-state index contributed by atoms with van der Waals surface area (Å²) < 4.78 is 5.39. The van der Waals surface area contributed by atoms with Crippen LogP contribution in [0.5, 0.6) is 0 Å². The van der Waals surface area contributed by atoms with Crippen molar-refractivity contribution in [1.29, 1.82) is 0 Å². The molecule has 1 aromatic rings. The maximum absolute atomic E-state index is 12.2. The predicted molar refractivity (Wildman–Crippen MR) is 92.3 cm³/mol. The van der Waals surface area contributed by atoms with Gasteiger partial charge in [-0.1, -0.05) is 0 Å². The van der Waals surface area contributed by atoms with Gasteiger partial charge < -0.3 is 15.2 Å². The molecule has 0 spiro atoms. The van der Waals surface area contributed by atoms with Crippen LogP contribution in [0.15, 0.2) is 6.20 Å². The summed E-state index contributed by atoms with van der Waals surface area (Å²) in [7, 11) is 0. The van der Waals surface area contributed by atoms with Gasteiger partial charge in [0, 0.05) is 30.3 Å². The number of nitrogens with zero attached hydrogens (tertiary/aromatic N) is 1. The molecule has 3 aliphatic rings. The Kier molecular flexibility index (Phi) is 4.74. The van der Waals surface area contributed by atoms with Gasteiger partial charge in [0.15, 0.2) is 5.13 Å². The maximum Gasteiger partial charge on any atom is 0.321 e. The Labute approximate surface area is 146 Å². The number of hydrogen-bond donors (Lipinski definition) is 3. The van der Waals surface area contributed by atoms with E-state index < -0.39 is 0 Å². The molecule has 3 fully saturated rings. The van der Waals surface area contributed by atoms with E-state index in [0.29, 0.717) is 22.9 Å². The van der Waals surface area contributed by atoms with Gasteiger partial charge in [-0.2, -0.15) is 0 Å². The highest BCUT2D eigenvalue weighted by molar-refractivity contribution is 7.15. The van der Waals surface area contributed by atoms with Crippen LogP contribution in [-0.4, -0.2) is 41.5 Å². The number of thiazole rings is 1. The van der Waals surface area contributed by atoms with Crippen LogP contribution < -0.4 is 10.6 Å². The second-order valence-corrected chi connectivity index (χ2v) is 8.37. The average molecular weight is 351 g/mol. The van der Waals surface area contributed by atoms with E-state index in [9.17, 15) is 9.90 Å². The van der Waals surface area contributed by atoms with Crippen LogP contribution in [0, 0.1) is 11.8 Å². The predicted octanol–water partition coefficient (Wildman–Crippen LogP) is 2.71. The number of anilines is 1. The fraction of sp³-hybridized carbons (Fsp3) is 0.765. The number of aliphatic hydroxyl groups is 1. The van der Waals surface area contributed by atoms with Crippen LogP contribution in [0.4, 0.5) is 9.93 Å². The molecular formula is C17H25N3O3S. The summed E-state index contributed by atoms with van der Waals surface area (Å²) in [5.41, 5.74) is 0. The molecule has 4 atom stereocenters. The van der Waals surface area contributed by atoms with Crippen molar-refractivity contribution >= 4 is 22.5 Å². The molecule has 24 heavy (non-hydrogen) atoms. The molecule has 3 N–H and O–H groups in total. The topological polar surface area (TPSA) is 83.5 Å². The number of carbonyl (C=O) groups is 1. The van der Waals surface area contributed by atoms with Crippen molar-refractivity contribution in [2.45, 2.75) is 56.6 Å². The highest BCUT2D eigenvalue weighted by atomic mass is 32.1. The van der Waals surface area contributed by atoms with E-state index in [0.717, 1.165) is 51.7 Å². The third kappa shape index (κ3) is 3.43. The van der Waals surface area contributed by atoms with E-state index in [4.69, 9.17) is 4.74 Å². The SMILES string of the molecule is O=C(Nc1ncc(C2CCOCC2)s1)NC1C[C@H]2CC[C@@H](C1)C2O. The number of urea groups is 1. The quantitative estimate of drug-likeness (QED) is 0.782. The van der Waals surface area contributed by atoms with Gasteiger partial charge in [0.1, 0.15) is 0 Å². The molecule has 0 radical (unpaired) electrons. The molecule has 2 heterocycles. The van der Waals surface area contributed by atoms with E-state index >= 15 is 0 Å². The molecule has 1 aliphatic heterocycles. The fourth-order valence-corrected chi connectivity index (χ4v) is 5.43. The van der Waals surface area contributed by atoms with Crippen LogP contribution in [0.25, 0.3) is 0 Å². The highest BCUT2D eigenvalue weighted by Gasteiger charge is 2.42. The lowest BCUT2D eigenvalue weighted by molar-refractivity contribution is 0.0491. The number of nitrogens with one attached hydrogen (secondary N) is 2. The molecule has 1 saturated heterocycles. The lowest BCUT2D eigenvalue weighted by Crippen LogP contribution is -2.45. The molecular weight excluding hydrogens is 326 g/mol. The van der Waals surface area contributed by atoms with Crippen LogP contribution in [-0.2, 0) is 4.74 Å². The Balaban J connectivity index is 1.29. The van der Waals surface area contributed by atoms with Crippen molar-refractivity contribution in [3.63, 3.8) is 0 Å². The summed E-state index contributed by atoms with van der Waals surface area (Å²) in [6.07, 6.45) is 7.73. The van der Waals surface area contributed by atoms with Crippen molar-refractivity contribution in [3.8, 4) is 0 Å². The first-order chi connectivity index (χ1) is 11.7. The maximum atomic E-state index is 12.2. The van der Waals surface area contributed by atoms with Gasteiger partial charge in [0.25, 0.3) is 0 Å². The first kappa shape index (κ1) is 16.3. The number of fused-ring (bicyclic) bond motifs is 2. The van der Waals surface area contributed by atoms with Gasteiger partial charge in [-0.15, -0.1) is 11.3 Å². The minimum atomic E-state index is -0.177. The van der Waals surface area contributed by atoms with Crippen molar-refractivity contribution < 1.29 is 14.6 Å². The zero-order valence-corrected chi connectivity index (χ0v) is 14.6. The summed E-state index contributed by atoms with van der Waals surface area (Å²) in [6.45, 7) is 1.61. The van der Waals surface area contributed by atoms with Gasteiger partial charge >= 0.3 is 6.03 Å². The summed E-state index contributed by atoms with van der Waals surface area (Å²) in [6, 6.07) is -0.00973. The summed E-state index contributed by atoms with van der Waals surface area (Å²) in [5, 5.41) is 16.7. The molecule has 4 rings (SSSR count). The number of ether oxygens (including phenoxy) is 1. The summed E-state index contributed by atoms with van der Waals surface area (Å²) in [4.78, 5) is 17.8. The van der Waals surface area contributed by atoms with E-state index in [1.807, 2.05) is 6.20 Å². The van der Waals surface area contributed by atoms with Crippen molar-refractivity contribution in [2.24, 2.45) is 11.8 Å². The Hall–Kier alpha value is -1.18. The molecule has 2 bridgehead atoms. The number of amides is 2. The highest BCUT2D eigenvalue weighted by Crippen LogP contribution is 2.42. The van der Waals surface area contributed by atoms with E-state index in [1.165, 1.54) is 4.88 Å². The van der Waals surface area contributed by atoms with Gasteiger partial charge in [0.2, 0.25) is 0 Å². The minimum Gasteiger partial charge on any atom is -0.393 e. The van der Waals surface area contributed by atoms with Gasteiger partial charge in [0.05, 0.1) is 6.10 Å². The van der Waals surface area contributed by atoms with Crippen molar-refractivity contribution in [3.05, 3.63) is 11.1 Å². The Morgan fingerprint density at radius 3 is 2.62 bits per heavy atom. The Morgan fingerprint density at radius 1 is 1.21 bits per heavy atom. The second kappa shape index (κ2) is 6.98. The molecule has 132 valence electrons. The van der Waals surface area contributed by atoms with E-state index in [-0.39, 0.29) is 18.2 Å². The number of aromatic nitrogens is 1. The monoisotopic (exact) mass is 351 g/mol. The zero-order chi connectivity index (χ0) is 16.5. The van der Waals surface area contributed by atoms with Crippen molar-refractivity contribution in [1.82, 2.24) is 10.3 Å². The van der Waals surface area contributed by atoms with Crippen LogP contribution >= 0.6 is 11.3 Å². The zero-order valence-electron chi connectivity index (χ0n) is 13.7. The number of rotatable bonds is 3. The van der Waals surface area contributed by atoms with Gasteiger partial charge in [-0.05, 0) is 56.3 Å². The Bertz CT molecular complexity index is 573. The third-order valence-corrected chi connectivity index (χ3v) is 6.83. The average Bonchev–Trinajstić information content (AvgIpc) is 3.10. The number of aliphatic hydroxyl groups excluding tert-OH is 1. The number of carbonyl (C=O) groups excluding carboxylic acids is 1. The second-order valence-electron chi connectivity index (χ2n) is 7.31. The molecule has 7 heteroatoms. The van der Waals surface area contributed by atoms with Gasteiger partial charge in [-0.25, -0.2) is 9.78 Å². The smallest absolute Gasteiger partial charge is 0.321 e. The lowest BCUT2D eigenvalue weighted by Gasteiger charge is -2.32. The Morgan fingerprint density at radius 2 is 1.92 bits per heavy atom. The van der Waals surface area contributed by atoms with E-state index in [2.05, 4.69) is 15.6 Å². The number of hydrogen-bond acceptors (Lipinski definition) is 5. The largest absolute Gasteiger partial charge is 0.393 e. The molecule has 2 amide bonds. The third-order valence-electron chi connectivity index (χ3n) is 5.75. The standard InChI is InChI=1S/C17H25N3O3S/c21-15-11-1-2-12(15)8-13(7-11)19-16(22)20-17-18-9-14(24-17)10-3-5-23-6-4-10/h9-13,15,21H,1-8H2,(H2,18,19,20,22)/t11-,12+,13?,15?. The molecule has 2 unspecified atom stereocenters. The van der Waals surface area contributed by atoms with Gasteiger partial charge in [-0.3, -0.25) is 5.32 Å². The first-order valence-electron chi connectivity index (χ1n) is 8.98. The molecule has 2 saturated carbocycles. The molecule has 1 aromatic heterocycles. The summed E-state index contributed by atoms with van der Waals surface area (Å²) in [5.74, 6) is 1.22. The van der Waals surface area contributed by atoms with Crippen molar-refractivity contribution in [2.75, 3.05) is 18.5 Å². The fourth-order valence-electron chi connectivity index (χ4n) is 4.45. The molecule has 6 nitrogen and oxygen atoms in total. The first-order valence-corrected chi connectivity index (χ1v) is 9.79. The lowest BCUT2D eigenvalue weighted by atomic mass is 9.83. The van der Waals surface area contributed by atoms with E-state index in [1.54, 1.807) is 11.3 Å².